The summed E-state index contributed by atoms with van der Waals surface area (Å²) in [5, 5.41) is 12.7. The average molecular weight is 479 g/mol. The number of furan rings is 1. The molecule has 1 aliphatic heterocycles. The molecule has 5 aromatic rings. The number of nitrogens with zero attached hydrogens (tertiary/aromatic N) is 3. The van der Waals surface area contributed by atoms with E-state index in [1.165, 1.54) is 5.69 Å². The molecule has 0 spiro atoms. The van der Waals surface area contributed by atoms with E-state index in [9.17, 15) is 9.90 Å². The van der Waals surface area contributed by atoms with Crippen LogP contribution in [0.1, 0.15) is 5.56 Å². The number of anilines is 1. The van der Waals surface area contributed by atoms with Crippen molar-refractivity contribution < 1.29 is 9.52 Å². The van der Waals surface area contributed by atoms with Gasteiger partial charge in [0.05, 0.1) is 11.3 Å². The van der Waals surface area contributed by atoms with Gasteiger partial charge < -0.3 is 19.3 Å². The second kappa shape index (κ2) is 9.02. The van der Waals surface area contributed by atoms with Crippen molar-refractivity contribution >= 4 is 39.3 Å². The molecule has 7 heteroatoms. The fourth-order valence-electron chi connectivity index (χ4n) is 4.70. The Hall–Kier alpha value is -4.36. The van der Waals surface area contributed by atoms with Crippen molar-refractivity contribution in [1.29, 1.82) is 0 Å². The Labute approximate surface area is 207 Å². The molecule has 2 aromatic heterocycles. The molecular formula is C29H26N4O3. The molecule has 6 rings (SSSR count). The first kappa shape index (κ1) is 22.1. The van der Waals surface area contributed by atoms with Crippen LogP contribution in [0.5, 0.6) is 5.88 Å². The molecule has 7 nitrogen and oxygen atoms in total. The van der Waals surface area contributed by atoms with Crippen LogP contribution in [-0.2, 0) is 0 Å². The number of piperazine rings is 1. The van der Waals surface area contributed by atoms with Crippen LogP contribution >= 0.6 is 0 Å². The SMILES string of the molecule is CN1CCN(c2ccc(N=Cc3c(O)[nH]c(=O)c4ccc(-c5cc6ccccc6o5)cc34)cc2)CC1. The van der Waals surface area contributed by atoms with Crippen LogP contribution in [0, 0.1) is 0 Å². The Kier molecular flexibility index (Phi) is 5.54. The molecule has 0 radical (unpaired) electrons. The number of pyridine rings is 1. The molecule has 0 atom stereocenters. The lowest BCUT2D eigenvalue weighted by atomic mass is 10.0. The zero-order chi connectivity index (χ0) is 24.6. The van der Waals surface area contributed by atoms with Gasteiger partial charge in [0.25, 0.3) is 5.56 Å². The summed E-state index contributed by atoms with van der Waals surface area (Å²) in [6, 6.07) is 23.3. The molecular weight excluding hydrogens is 452 g/mol. The van der Waals surface area contributed by atoms with E-state index in [1.807, 2.05) is 54.6 Å². The van der Waals surface area contributed by atoms with Crippen LogP contribution in [0.4, 0.5) is 11.4 Å². The number of aromatic hydroxyl groups is 1. The van der Waals surface area contributed by atoms with E-state index in [1.54, 1.807) is 12.3 Å². The Morgan fingerprint density at radius 3 is 2.50 bits per heavy atom. The largest absolute Gasteiger partial charge is 0.494 e. The standard InChI is InChI=1S/C29H26N4O3/c1-32-12-14-33(15-13-32)22-9-7-21(8-10-22)30-18-25-24-16-20(6-11-23(24)28(34)31-29(25)35)27-17-19-4-2-3-5-26(19)36-27/h2-11,16-18H,12-15H2,1H3,(H2,31,34,35). The Balaban J connectivity index is 1.34. The van der Waals surface area contributed by atoms with Gasteiger partial charge in [-0.2, -0.15) is 0 Å². The van der Waals surface area contributed by atoms with E-state index < -0.39 is 0 Å². The summed E-state index contributed by atoms with van der Waals surface area (Å²) in [4.78, 5) is 24.4. The summed E-state index contributed by atoms with van der Waals surface area (Å²) in [7, 11) is 2.14. The lowest BCUT2D eigenvalue weighted by Crippen LogP contribution is -2.44. The van der Waals surface area contributed by atoms with Gasteiger partial charge in [0.1, 0.15) is 11.3 Å². The van der Waals surface area contributed by atoms with Crippen LogP contribution in [0.3, 0.4) is 0 Å². The van der Waals surface area contributed by atoms with Crippen LogP contribution in [-0.4, -0.2) is 54.4 Å². The van der Waals surface area contributed by atoms with Gasteiger partial charge in [0.2, 0.25) is 5.88 Å². The molecule has 0 amide bonds. The normalized spacial score (nSPS) is 14.9. The monoisotopic (exact) mass is 478 g/mol. The minimum atomic E-state index is -0.354. The number of rotatable bonds is 4. The Morgan fingerprint density at radius 2 is 1.72 bits per heavy atom. The molecule has 1 fully saturated rings. The van der Waals surface area contributed by atoms with Crippen LogP contribution < -0.4 is 10.5 Å². The van der Waals surface area contributed by atoms with Crippen molar-refractivity contribution in [2.45, 2.75) is 0 Å². The highest BCUT2D eigenvalue weighted by Crippen LogP contribution is 2.31. The highest BCUT2D eigenvalue weighted by Gasteiger charge is 2.15. The zero-order valence-electron chi connectivity index (χ0n) is 19.9. The van der Waals surface area contributed by atoms with Gasteiger partial charge in [-0.1, -0.05) is 24.3 Å². The Bertz CT molecular complexity index is 1610. The van der Waals surface area contributed by atoms with Crippen molar-refractivity contribution in [2.75, 3.05) is 38.1 Å². The van der Waals surface area contributed by atoms with Gasteiger partial charge in [-0.15, -0.1) is 0 Å². The van der Waals surface area contributed by atoms with Gasteiger partial charge in [-0.05, 0) is 55.6 Å². The van der Waals surface area contributed by atoms with Crippen molar-refractivity contribution in [1.82, 2.24) is 9.88 Å². The first-order chi connectivity index (χ1) is 17.5. The maximum atomic E-state index is 12.5. The molecule has 0 unspecified atom stereocenters. The maximum absolute atomic E-state index is 12.5. The molecule has 0 bridgehead atoms. The van der Waals surface area contributed by atoms with Gasteiger partial charge in [0.15, 0.2) is 0 Å². The Morgan fingerprint density at radius 1 is 0.944 bits per heavy atom. The third-order valence-corrected chi connectivity index (χ3v) is 6.81. The highest BCUT2D eigenvalue weighted by molar-refractivity contribution is 6.03. The number of para-hydroxylation sites is 1. The molecule has 0 saturated carbocycles. The molecule has 36 heavy (non-hydrogen) atoms. The van der Waals surface area contributed by atoms with Gasteiger partial charge in [-0.25, -0.2) is 0 Å². The van der Waals surface area contributed by atoms with Gasteiger partial charge >= 0.3 is 0 Å². The minimum absolute atomic E-state index is 0.216. The predicted molar refractivity (Wildman–Crippen MR) is 145 cm³/mol. The maximum Gasteiger partial charge on any atom is 0.258 e. The average Bonchev–Trinajstić information content (AvgIpc) is 3.34. The van der Waals surface area contributed by atoms with Crippen molar-refractivity contribution in [3.8, 4) is 17.2 Å². The third kappa shape index (κ3) is 4.14. The number of likely N-dealkylation sites (N-methyl/N-ethyl adjacent to an activating group) is 1. The second-order valence-electron chi connectivity index (χ2n) is 9.19. The van der Waals surface area contributed by atoms with E-state index >= 15 is 0 Å². The van der Waals surface area contributed by atoms with Crippen LogP contribution in [0.25, 0.3) is 33.1 Å². The number of aromatic nitrogens is 1. The number of aliphatic imine (C=N–C) groups is 1. The number of nitrogens with one attached hydrogen (secondary N) is 1. The molecule has 1 aliphatic rings. The summed E-state index contributed by atoms with van der Waals surface area (Å²) < 4.78 is 6.01. The zero-order valence-corrected chi connectivity index (χ0v) is 19.9. The lowest BCUT2D eigenvalue weighted by molar-refractivity contribution is 0.313. The topological polar surface area (TPSA) is 85.1 Å². The number of benzene rings is 3. The fourth-order valence-corrected chi connectivity index (χ4v) is 4.70. The molecule has 0 aliphatic carbocycles. The molecule has 180 valence electrons. The van der Waals surface area contributed by atoms with E-state index in [4.69, 9.17) is 4.42 Å². The smallest absolute Gasteiger partial charge is 0.258 e. The van der Waals surface area contributed by atoms with Crippen LogP contribution in [0.15, 0.2) is 87.0 Å². The van der Waals surface area contributed by atoms with Crippen molar-refractivity contribution in [2.24, 2.45) is 4.99 Å². The van der Waals surface area contributed by atoms with Gasteiger partial charge in [-0.3, -0.25) is 14.8 Å². The van der Waals surface area contributed by atoms with E-state index in [0.29, 0.717) is 22.1 Å². The number of fused-ring (bicyclic) bond motifs is 2. The summed E-state index contributed by atoms with van der Waals surface area (Å²) in [6.45, 7) is 4.11. The van der Waals surface area contributed by atoms with Crippen molar-refractivity contribution in [3.05, 3.63) is 88.7 Å². The number of hydrogen-bond donors (Lipinski definition) is 2. The van der Waals surface area contributed by atoms with Crippen LogP contribution in [0.2, 0.25) is 0 Å². The fraction of sp³-hybridized carbons (Fsp3) is 0.172. The van der Waals surface area contributed by atoms with Gasteiger partial charge in [0, 0.05) is 59.8 Å². The molecule has 2 N–H and O–H groups in total. The summed E-state index contributed by atoms with van der Waals surface area (Å²) in [5.74, 6) is 0.479. The number of aromatic amines is 1. The second-order valence-corrected chi connectivity index (χ2v) is 9.19. The first-order valence-electron chi connectivity index (χ1n) is 12.0. The van der Waals surface area contributed by atoms with E-state index in [2.05, 4.69) is 39.0 Å². The highest BCUT2D eigenvalue weighted by atomic mass is 16.3. The lowest BCUT2D eigenvalue weighted by Gasteiger charge is -2.34. The summed E-state index contributed by atoms with van der Waals surface area (Å²) >= 11 is 0. The number of hydrogen-bond acceptors (Lipinski definition) is 6. The van der Waals surface area contributed by atoms with Crippen molar-refractivity contribution in [3.63, 3.8) is 0 Å². The number of H-pyrrole nitrogens is 1. The van der Waals surface area contributed by atoms with E-state index in [-0.39, 0.29) is 11.4 Å². The summed E-state index contributed by atoms with van der Waals surface area (Å²) in [6.07, 6.45) is 1.60. The first-order valence-corrected chi connectivity index (χ1v) is 12.0. The molecule has 1 saturated heterocycles. The predicted octanol–water partition coefficient (Wildman–Crippen LogP) is 5.15. The minimum Gasteiger partial charge on any atom is -0.494 e. The third-order valence-electron chi connectivity index (χ3n) is 6.81. The van der Waals surface area contributed by atoms with E-state index in [0.717, 1.165) is 48.4 Å². The molecule has 3 aromatic carbocycles. The quantitative estimate of drug-likeness (QED) is 0.349. The molecule has 3 heterocycles. The summed E-state index contributed by atoms with van der Waals surface area (Å²) in [5.41, 5.74) is 3.64.